The molecule has 2 amide bonds. The smallest absolute Gasteiger partial charge is 0.246 e. The maximum atomic E-state index is 12.0. The van der Waals surface area contributed by atoms with Crippen molar-refractivity contribution in [3.63, 3.8) is 0 Å². The molecule has 0 unspecified atom stereocenters. The monoisotopic (exact) mass is 690 g/mol. The summed E-state index contributed by atoms with van der Waals surface area (Å²) in [6.07, 6.45) is 2.72. The lowest BCUT2D eigenvalue weighted by Crippen LogP contribution is -2.37. The molecular weight excluding hydrogens is 660 g/mol. The number of benzene rings is 2. The summed E-state index contributed by atoms with van der Waals surface area (Å²) in [5, 5.41) is 0. The van der Waals surface area contributed by atoms with Crippen molar-refractivity contribution in [1.29, 1.82) is 0 Å². The standard InChI is InChI=1S/2C17H16BrNO2/c2*1-3-17(20)19-9-14(12-6-4-5-7-15(12)18)13-8-11(2)21-16(13)10-19/h2*3-8,14H,1,9-10H2,2H3/t2*14-/m10/s1. The Hall–Kier alpha value is -3.62. The summed E-state index contributed by atoms with van der Waals surface area (Å²) in [5.74, 6) is 3.61. The van der Waals surface area contributed by atoms with Crippen LogP contribution in [0.2, 0.25) is 0 Å². The van der Waals surface area contributed by atoms with Crippen LogP contribution in [-0.4, -0.2) is 34.7 Å². The highest BCUT2D eigenvalue weighted by Gasteiger charge is 2.33. The number of aryl methyl sites for hydroxylation is 2. The Balaban J connectivity index is 0.000000168. The van der Waals surface area contributed by atoms with Gasteiger partial charge in [0.2, 0.25) is 11.8 Å². The van der Waals surface area contributed by atoms with Crippen LogP contribution in [0.3, 0.4) is 0 Å². The molecule has 6 rings (SSSR count). The van der Waals surface area contributed by atoms with E-state index in [0.717, 1.165) is 32.0 Å². The van der Waals surface area contributed by atoms with E-state index in [1.54, 1.807) is 9.80 Å². The van der Waals surface area contributed by atoms with E-state index in [4.69, 9.17) is 8.83 Å². The van der Waals surface area contributed by atoms with Crippen molar-refractivity contribution in [2.45, 2.75) is 38.8 Å². The van der Waals surface area contributed by atoms with E-state index in [1.807, 2.05) is 50.2 Å². The maximum absolute atomic E-state index is 12.0. The van der Waals surface area contributed by atoms with Crippen LogP contribution in [-0.2, 0) is 22.7 Å². The number of amides is 2. The van der Waals surface area contributed by atoms with Crippen molar-refractivity contribution < 1.29 is 18.4 Å². The minimum Gasteiger partial charge on any atom is -0.464 e. The summed E-state index contributed by atoms with van der Waals surface area (Å²) in [5.41, 5.74) is 4.68. The van der Waals surface area contributed by atoms with Gasteiger partial charge in [-0.1, -0.05) is 81.4 Å². The van der Waals surface area contributed by atoms with E-state index < -0.39 is 0 Å². The van der Waals surface area contributed by atoms with E-state index in [1.165, 1.54) is 34.4 Å². The van der Waals surface area contributed by atoms with Gasteiger partial charge in [0.25, 0.3) is 0 Å². The number of halogens is 2. The van der Waals surface area contributed by atoms with Gasteiger partial charge in [-0.3, -0.25) is 9.59 Å². The number of fused-ring (bicyclic) bond motifs is 2. The lowest BCUT2D eigenvalue weighted by molar-refractivity contribution is -0.128. The van der Waals surface area contributed by atoms with Crippen molar-refractivity contribution in [3.05, 3.63) is 140 Å². The Morgan fingerprint density at radius 2 is 1.10 bits per heavy atom. The molecule has 0 radical (unpaired) electrons. The van der Waals surface area contributed by atoms with Crippen molar-refractivity contribution >= 4 is 43.7 Å². The summed E-state index contributed by atoms with van der Waals surface area (Å²) in [6.45, 7) is 13.3. The Kier molecular flexibility index (Phi) is 9.04. The first kappa shape index (κ1) is 29.9. The van der Waals surface area contributed by atoms with E-state index in [2.05, 4.69) is 69.3 Å². The maximum Gasteiger partial charge on any atom is 0.246 e. The number of hydrogen-bond acceptors (Lipinski definition) is 4. The topological polar surface area (TPSA) is 66.9 Å². The lowest BCUT2D eigenvalue weighted by Gasteiger charge is -2.32. The Labute approximate surface area is 262 Å². The normalized spacial score (nSPS) is 17.4. The molecule has 8 heteroatoms. The van der Waals surface area contributed by atoms with Crippen LogP contribution in [0, 0.1) is 13.8 Å². The Morgan fingerprint density at radius 3 is 1.45 bits per heavy atom. The Morgan fingerprint density at radius 1 is 0.714 bits per heavy atom. The van der Waals surface area contributed by atoms with Crippen LogP contribution in [0.15, 0.2) is 104 Å². The molecule has 2 atom stereocenters. The zero-order valence-electron chi connectivity index (χ0n) is 23.6. The summed E-state index contributed by atoms with van der Waals surface area (Å²) >= 11 is 7.22. The number of hydrogen-bond donors (Lipinski definition) is 0. The van der Waals surface area contributed by atoms with Crippen molar-refractivity contribution in [1.82, 2.24) is 9.80 Å². The first-order valence-corrected chi connectivity index (χ1v) is 15.3. The van der Waals surface area contributed by atoms with Crippen molar-refractivity contribution in [2.75, 3.05) is 13.1 Å². The number of carbonyl (C=O) groups excluding carboxylic acids is 2. The number of carbonyl (C=O) groups is 2. The fourth-order valence-corrected chi connectivity index (χ4v) is 6.88. The highest BCUT2D eigenvalue weighted by molar-refractivity contribution is 9.10. The van der Waals surface area contributed by atoms with Gasteiger partial charge in [-0.25, -0.2) is 0 Å². The summed E-state index contributed by atoms with van der Waals surface area (Å²) < 4.78 is 13.7. The van der Waals surface area contributed by atoms with Crippen LogP contribution in [0.5, 0.6) is 0 Å². The van der Waals surface area contributed by atoms with Gasteiger partial charge in [-0.05, 0) is 61.4 Å². The zero-order valence-corrected chi connectivity index (χ0v) is 26.8. The molecule has 0 saturated carbocycles. The van der Waals surface area contributed by atoms with E-state index in [-0.39, 0.29) is 23.7 Å². The van der Waals surface area contributed by atoms with E-state index >= 15 is 0 Å². The average molecular weight is 692 g/mol. The average Bonchev–Trinajstić information content (AvgIpc) is 3.56. The van der Waals surface area contributed by atoms with Crippen LogP contribution in [0.1, 0.15) is 57.1 Å². The molecule has 0 bridgehead atoms. The van der Waals surface area contributed by atoms with Gasteiger partial charge >= 0.3 is 0 Å². The molecule has 0 fully saturated rings. The molecule has 0 N–H and O–H groups in total. The molecule has 4 heterocycles. The summed E-state index contributed by atoms with van der Waals surface area (Å²) in [6, 6.07) is 20.4. The van der Waals surface area contributed by atoms with E-state index in [9.17, 15) is 9.59 Å². The zero-order chi connectivity index (χ0) is 30.0. The van der Waals surface area contributed by atoms with Gasteiger partial charge in [0, 0.05) is 45.0 Å². The van der Waals surface area contributed by atoms with Crippen molar-refractivity contribution in [2.24, 2.45) is 0 Å². The molecule has 216 valence electrons. The van der Waals surface area contributed by atoms with Crippen molar-refractivity contribution in [3.8, 4) is 0 Å². The minimum absolute atomic E-state index is 0.0632. The second-order valence-electron chi connectivity index (χ2n) is 10.5. The van der Waals surface area contributed by atoms with Gasteiger partial charge in [-0.2, -0.15) is 0 Å². The fraction of sp³-hybridized carbons (Fsp3) is 0.235. The number of furan rings is 2. The van der Waals surface area contributed by atoms with Gasteiger partial charge < -0.3 is 18.6 Å². The minimum atomic E-state index is -0.0632. The first-order valence-electron chi connectivity index (χ1n) is 13.7. The molecule has 6 nitrogen and oxygen atoms in total. The lowest BCUT2D eigenvalue weighted by atomic mass is 9.88. The predicted molar refractivity (Wildman–Crippen MR) is 170 cm³/mol. The second kappa shape index (κ2) is 12.7. The highest BCUT2D eigenvalue weighted by Crippen LogP contribution is 2.39. The molecule has 42 heavy (non-hydrogen) atoms. The van der Waals surface area contributed by atoms with Gasteiger partial charge in [0.1, 0.15) is 23.0 Å². The third-order valence-corrected chi connectivity index (χ3v) is 9.13. The molecule has 2 aliphatic rings. The third kappa shape index (κ3) is 6.10. The molecule has 0 spiro atoms. The van der Waals surface area contributed by atoms with Crippen LogP contribution in [0.4, 0.5) is 0 Å². The summed E-state index contributed by atoms with van der Waals surface area (Å²) in [4.78, 5) is 27.6. The molecular formula is C34H32Br2N2O4. The van der Waals surface area contributed by atoms with Gasteiger partial charge in [0.05, 0.1) is 13.1 Å². The molecule has 2 aromatic heterocycles. The van der Waals surface area contributed by atoms with Gasteiger partial charge in [-0.15, -0.1) is 0 Å². The fourth-order valence-electron chi connectivity index (χ4n) is 5.76. The second-order valence-corrected chi connectivity index (χ2v) is 12.2. The molecule has 4 aromatic rings. The first-order chi connectivity index (χ1) is 20.2. The van der Waals surface area contributed by atoms with Crippen LogP contribution in [0.25, 0.3) is 0 Å². The largest absolute Gasteiger partial charge is 0.464 e. The van der Waals surface area contributed by atoms with Crippen LogP contribution < -0.4 is 0 Å². The van der Waals surface area contributed by atoms with Crippen LogP contribution >= 0.6 is 31.9 Å². The van der Waals surface area contributed by atoms with E-state index in [0.29, 0.717) is 26.2 Å². The summed E-state index contributed by atoms with van der Waals surface area (Å²) in [7, 11) is 0. The van der Waals surface area contributed by atoms with Gasteiger partial charge in [0.15, 0.2) is 0 Å². The molecule has 0 aliphatic carbocycles. The third-order valence-electron chi connectivity index (χ3n) is 7.69. The Bertz CT molecular complexity index is 1530. The number of rotatable bonds is 4. The molecule has 2 aromatic carbocycles. The highest BCUT2D eigenvalue weighted by atomic mass is 79.9. The number of nitrogens with zero attached hydrogens (tertiary/aromatic N) is 2. The quantitative estimate of drug-likeness (QED) is 0.203. The SMILES string of the molecule is C=CC(=O)N1Cc2oc(C)cc2[C@@H](c2ccccc2Br)C1.C=CC(=O)N1Cc2oc(C)cc2[C@H](c2ccccc2Br)C1. The molecule has 2 aliphatic heterocycles. The predicted octanol–water partition coefficient (Wildman–Crippen LogP) is 8.02. The molecule has 0 saturated heterocycles.